The fourth-order valence-corrected chi connectivity index (χ4v) is 2.91. The Morgan fingerprint density at radius 2 is 1.94 bits per heavy atom. The number of nitrogens with zero attached hydrogens (tertiary/aromatic N) is 1. The van der Waals surface area contributed by atoms with Crippen molar-refractivity contribution >= 4 is 22.9 Å². The van der Waals surface area contributed by atoms with Crippen molar-refractivity contribution in [2.45, 2.75) is 12.8 Å². The van der Waals surface area contributed by atoms with E-state index >= 15 is 0 Å². The molecule has 0 saturated carbocycles. The maximum absolute atomic E-state index is 5.86. The highest BCUT2D eigenvalue weighted by molar-refractivity contribution is 7.15. The summed E-state index contributed by atoms with van der Waals surface area (Å²) in [5.74, 6) is 1.92. The van der Waals surface area contributed by atoms with Crippen molar-refractivity contribution in [2.75, 3.05) is 14.2 Å². The summed E-state index contributed by atoms with van der Waals surface area (Å²) in [6.45, 7) is 1.97. The average molecular weight is 284 g/mol. The third kappa shape index (κ3) is 2.44. The number of hydrogen-bond acceptors (Lipinski definition) is 4. The Bertz CT molecular complexity index is 554. The van der Waals surface area contributed by atoms with Crippen molar-refractivity contribution in [1.82, 2.24) is 4.98 Å². The van der Waals surface area contributed by atoms with E-state index in [4.69, 9.17) is 21.1 Å². The molecule has 0 aliphatic carbocycles. The average Bonchev–Trinajstić information content (AvgIpc) is 2.79. The summed E-state index contributed by atoms with van der Waals surface area (Å²) in [4.78, 5) is 5.62. The molecule has 3 nitrogen and oxygen atoms in total. The van der Waals surface area contributed by atoms with E-state index in [9.17, 15) is 0 Å². The van der Waals surface area contributed by atoms with Crippen LogP contribution in [0.15, 0.2) is 18.2 Å². The standard InChI is InChI=1S/C13H14ClNO2S/c1-8-12(7-14)18-13(15-8)9-4-5-10(16-2)11(6-9)17-3/h4-6H,7H2,1-3H3. The van der Waals surface area contributed by atoms with Gasteiger partial charge in [0.2, 0.25) is 0 Å². The number of hydrogen-bond donors (Lipinski definition) is 0. The van der Waals surface area contributed by atoms with E-state index in [2.05, 4.69) is 4.98 Å². The van der Waals surface area contributed by atoms with Gasteiger partial charge in [-0.3, -0.25) is 0 Å². The molecule has 0 bridgehead atoms. The Balaban J connectivity index is 2.44. The van der Waals surface area contributed by atoms with Crippen LogP contribution in [0.4, 0.5) is 0 Å². The molecule has 0 radical (unpaired) electrons. The van der Waals surface area contributed by atoms with Gasteiger partial charge in [0.15, 0.2) is 11.5 Å². The smallest absolute Gasteiger partial charge is 0.161 e. The number of aromatic nitrogens is 1. The van der Waals surface area contributed by atoms with Crippen molar-refractivity contribution in [1.29, 1.82) is 0 Å². The van der Waals surface area contributed by atoms with Crippen LogP contribution in [0.3, 0.4) is 0 Å². The van der Waals surface area contributed by atoms with Gasteiger partial charge < -0.3 is 9.47 Å². The van der Waals surface area contributed by atoms with Gasteiger partial charge in [-0.1, -0.05) is 0 Å². The molecule has 1 aromatic heterocycles. The molecule has 2 aromatic rings. The second-order valence-electron chi connectivity index (χ2n) is 3.73. The lowest BCUT2D eigenvalue weighted by atomic mass is 10.2. The van der Waals surface area contributed by atoms with Crippen LogP contribution in [-0.2, 0) is 5.88 Å². The first-order valence-electron chi connectivity index (χ1n) is 5.44. The minimum Gasteiger partial charge on any atom is -0.493 e. The third-order valence-electron chi connectivity index (χ3n) is 2.64. The molecule has 18 heavy (non-hydrogen) atoms. The highest BCUT2D eigenvalue weighted by Crippen LogP contribution is 2.35. The molecule has 0 spiro atoms. The van der Waals surface area contributed by atoms with E-state index in [1.165, 1.54) is 0 Å². The van der Waals surface area contributed by atoms with Crippen LogP contribution < -0.4 is 9.47 Å². The Hall–Kier alpha value is -1.26. The SMILES string of the molecule is COc1ccc(-c2nc(C)c(CCl)s2)cc1OC. The lowest BCUT2D eigenvalue weighted by Crippen LogP contribution is -1.90. The summed E-state index contributed by atoms with van der Waals surface area (Å²) in [5, 5.41) is 0.948. The molecule has 1 heterocycles. The van der Waals surface area contributed by atoms with E-state index in [0.717, 1.165) is 21.1 Å². The summed E-state index contributed by atoms with van der Waals surface area (Å²) in [7, 11) is 3.25. The third-order valence-corrected chi connectivity index (χ3v) is 4.28. The summed E-state index contributed by atoms with van der Waals surface area (Å²) >= 11 is 7.47. The van der Waals surface area contributed by atoms with Crippen LogP contribution in [-0.4, -0.2) is 19.2 Å². The second kappa shape index (κ2) is 5.59. The zero-order valence-electron chi connectivity index (χ0n) is 10.5. The maximum Gasteiger partial charge on any atom is 0.161 e. The first-order chi connectivity index (χ1) is 8.69. The molecule has 96 valence electrons. The molecule has 5 heteroatoms. The van der Waals surface area contributed by atoms with Gasteiger partial charge in [0.05, 0.1) is 25.8 Å². The quantitative estimate of drug-likeness (QED) is 0.798. The molecule has 2 rings (SSSR count). The molecule has 0 aliphatic rings. The minimum atomic E-state index is 0.497. The minimum absolute atomic E-state index is 0.497. The number of thiazole rings is 1. The van der Waals surface area contributed by atoms with Gasteiger partial charge in [0.1, 0.15) is 5.01 Å². The molecule has 0 saturated heterocycles. The van der Waals surface area contributed by atoms with Crippen molar-refractivity contribution < 1.29 is 9.47 Å². The van der Waals surface area contributed by atoms with Gasteiger partial charge in [0, 0.05) is 10.4 Å². The topological polar surface area (TPSA) is 31.4 Å². The molecular formula is C13H14ClNO2S. The van der Waals surface area contributed by atoms with Crippen molar-refractivity contribution in [3.8, 4) is 22.1 Å². The van der Waals surface area contributed by atoms with Crippen molar-refractivity contribution in [3.05, 3.63) is 28.8 Å². The molecule has 0 atom stereocenters. The largest absolute Gasteiger partial charge is 0.493 e. The second-order valence-corrected chi connectivity index (χ2v) is 5.08. The van der Waals surface area contributed by atoms with Crippen LogP contribution >= 0.6 is 22.9 Å². The Morgan fingerprint density at radius 1 is 1.22 bits per heavy atom. The maximum atomic E-state index is 5.86. The predicted octanol–water partition coefficient (Wildman–Crippen LogP) is 3.87. The zero-order chi connectivity index (χ0) is 13.1. The van der Waals surface area contributed by atoms with Gasteiger partial charge in [0.25, 0.3) is 0 Å². The number of halogens is 1. The van der Waals surface area contributed by atoms with Crippen molar-refractivity contribution in [2.24, 2.45) is 0 Å². The normalized spacial score (nSPS) is 10.4. The van der Waals surface area contributed by atoms with Gasteiger partial charge in [-0.25, -0.2) is 4.98 Å². The van der Waals surface area contributed by atoms with Crippen LogP contribution in [0, 0.1) is 6.92 Å². The molecule has 1 aromatic carbocycles. The number of methoxy groups -OCH3 is 2. The predicted molar refractivity (Wildman–Crippen MR) is 74.9 cm³/mol. The number of benzene rings is 1. The van der Waals surface area contributed by atoms with Gasteiger partial charge in [-0.15, -0.1) is 22.9 Å². The summed E-state index contributed by atoms with van der Waals surface area (Å²) in [6, 6.07) is 5.78. The zero-order valence-corrected chi connectivity index (χ0v) is 12.1. The van der Waals surface area contributed by atoms with E-state index < -0.39 is 0 Å². The summed E-state index contributed by atoms with van der Waals surface area (Å²) in [6.07, 6.45) is 0. The van der Waals surface area contributed by atoms with E-state index in [1.54, 1.807) is 25.6 Å². The van der Waals surface area contributed by atoms with Gasteiger partial charge in [-0.2, -0.15) is 0 Å². The lowest BCUT2D eigenvalue weighted by molar-refractivity contribution is 0.355. The summed E-state index contributed by atoms with van der Waals surface area (Å²) in [5.41, 5.74) is 2.00. The summed E-state index contributed by atoms with van der Waals surface area (Å²) < 4.78 is 10.5. The highest BCUT2D eigenvalue weighted by atomic mass is 35.5. The molecule has 0 unspecified atom stereocenters. The van der Waals surface area contributed by atoms with E-state index in [0.29, 0.717) is 17.4 Å². The van der Waals surface area contributed by atoms with Crippen LogP contribution in [0.5, 0.6) is 11.5 Å². The van der Waals surface area contributed by atoms with Crippen LogP contribution in [0.25, 0.3) is 10.6 Å². The molecule has 0 amide bonds. The lowest BCUT2D eigenvalue weighted by Gasteiger charge is -2.08. The molecule has 0 aliphatic heterocycles. The van der Waals surface area contributed by atoms with E-state index in [1.807, 2.05) is 25.1 Å². The Morgan fingerprint density at radius 3 is 2.50 bits per heavy atom. The number of alkyl halides is 1. The molecule has 0 fully saturated rings. The Labute approximate surface area is 115 Å². The fraction of sp³-hybridized carbons (Fsp3) is 0.308. The van der Waals surface area contributed by atoms with Gasteiger partial charge in [-0.05, 0) is 25.1 Å². The van der Waals surface area contributed by atoms with Crippen LogP contribution in [0.1, 0.15) is 10.6 Å². The fourth-order valence-electron chi connectivity index (χ4n) is 1.64. The number of rotatable bonds is 4. The first kappa shape index (κ1) is 13.2. The van der Waals surface area contributed by atoms with Crippen molar-refractivity contribution in [3.63, 3.8) is 0 Å². The van der Waals surface area contributed by atoms with E-state index in [-0.39, 0.29) is 0 Å². The molecular weight excluding hydrogens is 270 g/mol. The first-order valence-corrected chi connectivity index (χ1v) is 6.79. The molecule has 0 N–H and O–H groups in total. The number of ether oxygens (including phenoxy) is 2. The van der Waals surface area contributed by atoms with Crippen LogP contribution in [0.2, 0.25) is 0 Å². The Kier molecular flexibility index (Phi) is 4.09. The monoisotopic (exact) mass is 283 g/mol. The van der Waals surface area contributed by atoms with Gasteiger partial charge >= 0.3 is 0 Å². The highest BCUT2D eigenvalue weighted by Gasteiger charge is 2.11. The number of aryl methyl sites for hydroxylation is 1.